The fourth-order valence-electron chi connectivity index (χ4n) is 3.23. The molecule has 0 spiro atoms. The van der Waals surface area contributed by atoms with Crippen molar-refractivity contribution in [2.75, 3.05) is 20.1 Å². The van der Waals surface area contributed by atoms with Crippen LogP contribution in [-0.4, -0.2) is 51.7 Å². The summed E-state index contributed by atoms with van der Waals surface area (Å²) in [6, 6.07) is 9.93. The number of aromatic nitrogens is 2. The van der Waals surface area contributed by atoms with E-state index in [1.807, 2.05) is 62.5 Å². The summed E-state index contributed by atoms with van der Waals surface area (Å²) in [5.74, 6) is 0.133. The van der Waals surface area contributed by atoms with Crippen LogP contribution < -0.4 is 0 Å². The molecule has 5 nitrogen and oxygen atoms in total. The second-order valence-corrected chi connectivity index (χ2v) is 7.30. The predicted octanol–water partition coefficient (Wildman–Crippen LogP) is 3.73. The Balaban J connectivity index is 2.18. The van der Waals surface area contributed by atoms with Crippen molar-refractivity contribution in [3.05, 3.63) is 59.4 Å². The van der Waals surface area contributed by atoms with Crippen LogP contribution in [0.2, 0.25) is 0 Å². The van der Waals surface area contributed by atoms with Crippen LogP contribution >= 0.6 is 0 Å². The molecule has 27 heavy (non-hydrogen) atoms. The molecular weight excluding hydrogens is 336 g/mol. The van der Waals surface area contributed by atoms with Crippen LogP contribution in [0.5, 0.6) is 0 Å². The second-order valence-electron chi connectivity index (χ2n) is 7.30. The zero-order chi connectivity index (χ0) is 20.1. The van der Waals surface area contributed by atoms with Crippen molar-refractivity contribution in [2.45, 2.75) is 47.2 Å². The Morgan fingerprint density at radius 3 is 2.44 bits per heavy atom. The maximum Gasteiger partial charge on any atom is 0.239 e. The number of likely N-dealkylation sites (N-methyl/N-ethyl adjacent to an activating group) is 2. The molecule has 0 aliphatic rings. The number of carbonyl (C=O) groups excluding carboxylic acids is 1. The van der Waals surface area contributed by atoms with Crippen molar-refractivity contribution in [1.29, 1.82) is 0 Å². The molecule has 0 saturated heterocycles. The molecule has 1 unspecified atom stereocenters. The zero-order valence-corrected chi connectivity index (χ0v) is 17.5. The Morgan fingerprint density at radius 2 is 1.89 bits per heavy atom. The number of hydrogen-bond acceptors (Lipinski definition) is 3. The molecule has 0 aliphatic heterocycles. The summed E-state index contributed by atoms with van der Waals surface area (Å²) in [5, 5.41) is 4.71. The van der Waals surface area contributed by atoms with Crippen LogP contribution in [0.25, 0.3) is 5.69 Å². The number of amides is 1. The van der Waals surface area contributed by atoms with Gasteiger partial charge in [0, 0.05) is 30.9 Å². The van der Waals surface area contributed by atoms with E-state index in [9.17, 15) is 4.79 Å². The molecule has 146 valence electrons. The minimum absolute atomic E-state index is 0.133. The Morgan fingerprint density at radius 1 is 1.26 bits per heavy atom. The highest BCUT2D eigenvalue weighted by molar-refractivity contribution is 5.81. The van der Waals surface area contributed by atoms with Gasteiger partial charge in [-0.1, -0.05) is 30.4 Å². The van der Waals surface area contributed by atoms with Gasteiger partial charge in [-0.3, -0.25) is 9.69 Å². The third-order valence-corrected chi connectivity index (χ3v) is 5.02. The topological polar surface area (TPSA) is 41.4 Å². The van der Waals surface area contributed by atoms with E-state index < -0.39 is 0 Å². The SMILES string of the molecule is C=C(C)CN(CC)C(=O)C(C)N(C)Cc1c(C)nn(-c2ccccc2)c1C. The van der Waals surface area contributed by atoms with E-state index in [4.69, 9.17) is 5.10 Å². The van der Waals surface area contributed by atoms with Crippen molar-refractivity contribution in [2.24, 2.45) is 0 Å². The number of carbonyl (C=O) groups is 1. The molecule has 1 aromatic carbocycles. The van der Waals surface area contributed by atoms with Gasteiger partial charge < -0.3 is 4.90 Å². The van der Waals surface area contributed by atoms with Crippen LogP contribution in [0.3, 0.4) is 0 Å². The molecule has 1 atom stereocenters. The second kappa shape index (κ2) is 9.00. The van der Waals surface area contributed by atoms with E-state index in [1.165, 1.54) is 5.56 Å². The Kier molecular flexibility index (Phi) is 6.97. The summed E-state index contributed by atoms with van der Waals surface area (Å²) in [6.45, 7) is 16.0. The summed E-state index contributed by atoms with van der Waals surface area (Å²) in [5.41, 5.74) is 5.33. The first kappa shape index (κ1) is 20.9. The van der Waals surface area contributed by atoms with Crippen molar-refractivity contribution in [1.82, 2.24) is 19.6 Å². The van der Waals surface area contributed by atoms with Gasteiger partial charge in [0.05, 0.1) is 17.4 Å². The number of hydrogen-bond donors (Lipinski definition) is 0. The van der Waals surface area contributed by atoms with E-state index in [-0.39, 0.29) is 11.9 Å². The predicted molar refractivity (Wildman–Crippen MR) is 111 cm³/mol. The van der Waals surface area contributed by atoms with E-state index in [0.29, 0.717) is 19.6 Å². The van der Waals surface area contributed by atoms with Crippen LogP contribution in [0.15, 0.2) is 42.5 Å². The third kappa shape index (κ3) is 4.86. The van der Waals surface area contributed by atoms with Gasteiger partial charge in [0.15, 0.2) is 0 Å². The Hall–Kier alpha value is -2.40. The molecule has 0 bridgehead atoms. The molecule has 1 heterocycles. The molecule has 5 heteroatoms. The lowest BCUT2D eigenvalue weighted by Gasteiger charge is -2.30. The molecule has 0 radical (unpaired) electrons. The lowest BCUT2D eigenvalue weighted by atomic mass is 10.1. The van der Waals surface area contributed by atoms with E-state index in [0.717, 1.165) is 22.6 Å². The molecule has 0 N–H and O–H groups in total. The minimum atomic E-state index is -0.205. The molecule has 0 aliphatic carbocycles. The van der Waals surface area contributed by atoms with Gasteiger partial charge in [0.2, 0.25) is 5.91 Å². The first-order chi connectivity index (χ1) is 12.8. The van der Waals surface area contributed by atoms with E-state index in [1.54, 1.807) is 0 Å². The quantitative estimate of drug-likeness (QED) is 0.667. The van der Waals surface area contributed by atoms with Crippen molar-refractivity contribution < 1.29 is 4.79 Å². The third-order valence-electron chi connectivity index (χ3n) is 5.02. The Labute approximate surface area is 163 Å². The van der Waals surface area contributed by atoms with Gasteiger partial charge in [0.1, 0.15) is 0 Å². The molecule has 1 amide bonds. The van der Waals surface area contributed by atoms with Gasteiger partial charge in [0.25, 0.3) is 0 Å². The maximum absolute atomic E-state index is 12.9. The summed E-state index contributed by atoms with van der Waals surface area (Å²) in [6.07, 6.45) is 0. The fraction of sp³-hybridized carbons (Fsp3) is 0.455. The summed E-state index contributed by atoms with van der Waals surface area (Å²) >= 11 is 0. The van der Waals surface area contributed by atoms with Crippen molar-refractivity contribution in [3.63, 3.8) is 0 Å². The van der Waals surface area contributed by atoms with Gasteiger partial charge in [-0.2, -0.15) is 5.10 Å². The van der Waals surface area contributed by atoms with Gasteiger partial charge in [-0.15, -0.1) is 0 Å². The highest BCUT2D eigenvalue weighted by Gasteiger charge is 2.25. The van der Waals surface area contributed by atoms with Crippen LogP contribution in [-0.2, 0) is 11.3 Å². The molecule has 0 saturated carbocycles. The average Bonchev–Trinajstić information content (AvgIpc) is 2.93. The molecule has 1 aromatic heterocycles. The number of nitrogens with zero attached hydrogens (tertiary/aromatic N) is 4. The number of rotatable bonds is 8. The number of para-hydroxylation sites is 1. The maximum atomic E-state index is 12.9. The Bertz CT molecular complexity index is 794. The van der Waals surface area contributed by atoms with Crippen molar-refractivity contribution >= 4 is 5.91 Å². The fourth-order valence-corrected chi connectivity index (χ4v) is 3.23. The molecule has 2 aromatic rings. The molecular formula is C22H32N4O. The van der Waals surface area contributed by atoms with Gasteiger partial charge >= 0.3 is 0 Å². The highest BCUT2D eigenvalue weighted by atomic mass is 16.2. The van der Waals surface area contributed by atoms with Crippen LogP contribution in [0, 0.1) is 13.8 Å². The highest BCUT2D eigenvalue weighted by Crippen LogP contribution is 2.20. The zero-order valence-electron chi connectivity index (χ0n) is 17.5. The van der Waals surface area contributed by atoms with Crippen LogP contribution in [0.4, 0.5) is 0 Å². The lowest BCUT2D eigenvalue weighted by Crippen LogP contribution is -2.45. The smallest absolute Gasteiger partial charge is 0.239 e. The minimum Gasteiger partial charge on any atom is -0.338 e. The van der Waals surface area contributed by atoms with Gasteiger partial charge in [-0.05, 0) is 53.8 Å². The molecule has 0 fully saturated rings. The largest absolute Gasteiger partial charge is 0.338 e. The number of benzene rings is 1. The van der Waals surface area contributed by atoms with Gasteiger partial charge in [-0.25, -0.2) is 4.68 Å². The lowest BCUT2D eigenvalue weighted by molar-refractivity contribution is -0.135. The first-order valence-electron chi connectivity index (χ1n) is 9.50. The normalized spacial score (nSPS) is 12.3. The summed E-state index contributed by atoms with van der Waals surface area (Å²) in [4.78, 5) is 16.8. The van der Waals surface area contributed by atoms with Crippen LogP contribution in [0.1, 0.15) is 37.7 Å². The summed E-state index contributed by atoms with van der Waals surface area (Å²) < 4.78 is 1.98. The monoisotopic (exact) mass is 368 g/mol. The average molecular weight is 369 g/mol. The summed E-state index contributed by atoms with van der Waals surface area (Å²) in [7, 11) is 2.00. The van der Waals surface area contributed by atoms with E-state index in [2.05, 4.69) is 30.5 Å². The van der Waals surface area contributed by atoms with E-state index >= 15 is 0 Å². The standard InChI is InChI=1S/C22H32N4O/c1-8-25(14-16(2)3)22(27)19(6)24(7)15-21-17(4)23-26(18(21)5)20-12-10-9-11-13-20/h9-13,19H,2,8,14-15H2,1,3-7H3. The molecule has 2 rings (SSSR count). The first-order valence-corrected chi connectivity index (χ1v) is 9.50. The van der Waals surface area contributed by atoms with Crippen molar-refractivity contribution in [3.8, 4) is 5.69 Å². The number of aryl methyl sites for hydroxylation is 1.